The molecule has 38 heavy (non-hydrogen) atoms. The molecule has 0 spiro atoms. The van der Waals surface area contributed by atoms with E-state index in [9.17, 15) is 22.4 Å². The summed E-state index contributed by atoms with van der Waals surface area (Å²) in [4.78, 5) is 28.7. The summed E-state index contributed by atoms with van der Waals surface area (Å²) >= 11 is 3.40. The highest BCUT2D eigenvalue weighted by molar-refractivity contribution is 9.10. The molecule has 0 aromatic heterocycles. The van der Waals surface area contributed by atoms with Crippen LogP contribution in [0, 0.1) is 5.82 Å². The molecule has 0 saturated heterocycles. The molecule has 3 aromatic carbocycles. The van der Waals surface area contributed by atoms with E-state index in [1.54, 1.807) is 0 Å². The van der Waals surface area contributed by atoms with Crippen LogP contribution in [0.5, 0.6) is 0 Å². The number of carbonyl (C=O) groups excluding carboxylic acids is 2. The molecule has 3 rings (SSSR count). The topological polar surface area (TPSA) is 86.8 Å². The fourth-order valence-electron chi connectivity index (χ4n) is 3.97. The number of hydrogen-bond donors (Lipinski definition) is 1. The number of nitrogens with one attached hydrogen (secondary N) is 1. The van der Waals surface area contributed by atoms with Crippen molar-refractivity contribution in [2.75, 3.05) is 17.1 Å². The van der Waals surface area contributed by atoms with Crippen molar-refractivity contribution >= 4 is 43.5 Å². The standard InChI is InChI=1S/C28H31BrFN3O4S/c1-20(2)31-28(35)26(17-21-9-5-4-6-10-21)32(18-22-13-15-23(29)16-14-22)27(34)19-33(38(3,36)37)25-12-8-7-11-24(25)30/h4-16,20,26H,17-19H2,1-3H3,(H,31,35). The first-order valence-electron chi connectivity index (χ1n) is 12.1. The van der Waals surface area contributed by atoms with Gasteiger partial charge in [-0.2, -0.15) is 0 Å². The van der Waals surface area contributed by atoms with Gasteiger partial charge in [-0.25, -0.2) is 12.8 Å². The van der Waals surface area contributed by atoms with Gasteiger partial charge in [0.2, 0.25) is 21.8 Å². The lowest BCUT2D eigenvalue weighted by atomic mass is 10.0. The minimum atomic E-state index is -4.03. The van der Waals surface area contributed by atoms with Crippen molar-refractivity contribution < 1.29 is 22.4 Å². The smallest absolute Gasteiger partial charge is 0.244 e. The van der Waals surface area contributed by atoms with E-state index in [0.29, 0.717) is 0 Å². The first kappa shape index (κ1) is 29.3. The molecule has 0 fully saturated rings. The summed E-state index contributed by atoms with van der Waals surface area (Å²) in [6.07, 6.45) is 1.12. The normalized spacial score (nSPS) is 12.2. The molecule has 0 aliphatic rings. The molecule has 1 N–H and O–H groups in total. The van der Waals surface area contributed by atoms with Crippen LogP contribution >= 0.6 is 15.9 Å². The second kappa shape index (κ2) is 13.0. The highest BCUT2D eigenvalue weighted by Gasteiger charge is 2.33. The van der Waals surface area contributed by atoms with Crippen LogP contribution in [0.25, 0.3) is 0 Å². The number of hydrogen-bond acceptors (Lipinski definition) is 4. The highest BCUT2D eigenvalue weighted by Crippen LogP contribution is 2.23. The van der Waals surface area contributed by atoms with Crippen LogP contribution < -0.4 is 9.62 Å². The van der Waals surface area contributed by atoms with E-state index in [1.807, 2.05) is 68.4 Å². The Labute approximate surface area is 231 Å². The molecule has 0 bridgehead atoms. The Balaban J connectivity index is 2.06. The lowest BCUT2D eigenvalue weighted by Gasteiger charge is -2.34. The van der Waals surface area contributed by atoms with Gasteiger partial charge in [0.1, 0.15) is 18.4 Å². The Morgan fingerprint density at radius 2 is 1.53 bits per heavy atom. The van der Waals surface area contributed by atoms with Gasteiger partial charge < -0.3 is 10.2 Å². The monoisotopic (exact) mass is 603 g/mol. The van der Waals surface area contributed by atoms with E-state index in [-0.39, 0.29) is 30.6 Å². The van der Waals surface area contributed by atoms with Crippen molar-refractivity contribution in [1.82, 2.24) is 10.2 Å². The third kappa shape index (κ3) is 8.13. The van der Waals surface area contributed by atoms with Crippen LogP contribution in [-0.4, -0.2) is 50.0 Å². The second-order valence-corrected chi connectivity index (χ2v) is 12.1. The van der Waals surface area contributed by atoms with Crippen LogP contribution in [0.1, 0.15) is 25.0 Å². The number of sulfonamides is 1. The third-order valence-electron chi connectivity index (χ3n) is 5.77. The largest absolute Gasteiger partial charge is 0.352 e. The van der Waals surface area contributed by atoms with Crippen LogP contribution in [0.4, 0.5) is 10.1 Å². The maximum atomic E-state index is 14.6. The van der Waals surface area contributed by atoms with Crippen LogP contribution in [0.2, 0.25) is 0 Å². The van der Waals surface area contributed by atoms with Crippen LogP contribution in [0.3, 0.4) is 0 Å². The van der Waals surface area contributed by atoms with Gasteiger partial charge in [-0.3, -0.25) is 13.9 Å². The minimum Gasteiger partial charge on any atom is -0.352 e. The average Bonchev–Trinajstić information content (AvgIpc) is 2.85. The van der Waals surface area contributed by atoms with Gasteiger partial charge in [0.05, 0.1) is 11.9 Å². The summed E-state index contributed by atoms with van der Waals surface area (Å²) in [6.45, 7) is 3.02. The maximum Gasteiger partial charge on any atom is 0.244 e. The molecular weight excluding hydrogens is 573 g/mol. The number of benzene rings is 3. The zero-order valence-electron chi connectivity index (χ0n) is 21.5. The Bertz CT molecular complexity index is 1350. The molecule has 0 saturated carbocycles. The van der Waals surface area contributed by atoms with Gasteiger partial charge in [-0.05, 0) is 49.2 Å². The molecule has 7 nitrogen and oxygen atoms in total. The van der Waals surface area contributed by atoms with E-state index in [0.717, 1.165) is 32.2 Å². The van der Waals surface area contributed by atoms with E-state index >= 15 is 0 Å². The number of carbonyl (C=O) groups is 2. The lowest BCUT2D eigenvalue weighted by Crippen LogP contribution is -2.54. The second-order valence-electron chi connectivity index (χ2n) is 9.24. The molecule has 2 amide bonds. The summed E-state index contributed by atoms with van der Waals surface area (Å²) in [5.74, 6) is -1.78. The number of amides is 2. The van der Waals surface area contributed by atoms with Crippen LogP contribution in [0.15, 0.2) is 83.3 Å². The molecular formula is C28H31BrFN3O4S. The van der Waals surface area contributed by atoms with Crippen molar-refractivity contribution in [2.45, 2.75) is 38.9 Å². The van der Waals surface area contributed by atoms with E-state index < -0.39 is 34.3 Å². The number of para-hydroxylation sites is 1. The van der Waals surface area contributed by atoms with E-state index in [2.05, 4.69) is 21.2 Å². The van der Waals surface area contributed by atoms with E-state index in [4.69, 9.17) is 0 Å². The SMILES string of the molecule is CC(C)NC(=O)C(Cc1ccccc1)N(Cc1ccc(Br)cc1)C(=O)CN(c1ccccc1F)S(C)(=O)=O. The molecule has 1 atom stereocenters. The van der Waals surface area contributed by atoms with E-state index in [1.165, 1.54) is 23.1 Å². The quantitative estimate of drug-likeness (QED) is 0.349. The molecule has 1 unspecified atom stereocenters. The summed E-state index contributed by atoms with van der Waals surface area (Å²) in [5.41, 5.74) is 1.34. The van der Waals surface area contributed by atoms with Crippen molar-refractivity contribution in [3.05, 3.63) is 100 Å². The lowest BCUT2D eigenvalue weighted by molar-refractivity contribution is -0.140. The van der Waals surface area contributed by atoms with Gasteiger partial charge in [0.15, 0.2) is 0 Å². The Morgan fingerprint density at radius 1 is 0.921 bits per heavy atom. The first-order valence-corrected chi connectivity index (χ1v) is 14.7. The fourth-order valence-corrected chi connectivity index (χ4v) is 5.08. The van der Waals surface area contributed by atoms with Gasteiger partial charge in [-0.15, -0.1) is 0 Å². The number of nitrogens with zero attached hydrogens (tertiary/aromatic N) is 2. The average molecular weight is 605 g/mol. The fraction of sp³-hybridized carbons (Fsp3) is 0.286. The summed E-state index contributed by atoms with van der Waals surface area (Å²) in [7, 11) is -4.03. The third-order valence-corrected chi connectivity index (χ3v) is 7.42. The highest BCUT2D eigenvalue weighted by atomic mass is 79.9. The van der Waals surface area contributed by atoms with Crippen molar-refractivity contribution in [1.29, 1.82) is 0 Å². The zero-order valence-corrected chi connectivity index (χ0v) is 23.9. The molecule has 10 heteroatoms. The minimum absolute atomic E-state index is 0.0456. The van der Waals surface area contributed by atoms with Gasteiger partial charge in [-0.1, -0.05) is 70.5 Å². The summed E-state index contributed by atoms with van der Waals surface area (Å²) in [5, 5.41) is 2.89. The van der Waals surface area contributed by atoms with Gasteiger partial charge >= 0.3 is 0 Å². The number of anilines is 1. The van der Waals surface area contributed by atoms with Crippen LogP contribution in [-0.2, 0) is 32.6 Å². The molecule has 3 aromatic rings. The zero-order chi connectivity index (χ0) is 27.9. The molecule has 202 valence electrons. The van der Waals surface area contributed by atoms with Gasteiger partial charge in [0, 0.05) is 23.5 Å². The maximum absolute atomic E-state index is 14.6. The molecule has 0 radical (unpaired) electrons. The molecule has 0 heterocycles. The predicted molar refractivity (Wildman–Crippen MR) is 150 cm³/mol. The van der Waals surface area contributed by atoms with Crippen molar-refractivity contribution in [3.63, 3.8) is 0 Å². The Hall–Kier alpha value is -3.24. The van der Waals surface area contributed by atoms with Crippen molar-refractivity contribution in [3.8, 4) is 0 Å². The van der Waals surface area contributed by atoms with Crippen molar-refractivity contribution in [2.24, 2.45) is 0 Å². The molecule has 0 aliphatic heterocycles. The predicted octanol–water partition coefficient (Wildman–Crippen LogP) is 4.52. The first-order chi connectivity index (χ1) is 18.0. The Morgan fingerprint density at radius 3 is 2.11 bits per heavy atom. The number of rotatable bonds is 11. The summed E-state index contributed by atoms with van der Waals surface area (Å²) in [6, 6.07) is 20.8. The Kier molecular flexibility index (Phi) is 10.0. The molecule has 0 aliphatic carbocycles. The number of halogens is 2. The summed E-state index contributed by atoms with van der Waals surface area (Å²) < 4.78 is 41.6. The van der Waals surface area contributed by atoms with Gasteiger partial charge in [0.25, 0.3) is 0 Å².